The van der Waals surface area contributed by atoms with Gasteiger partial charge in [-0.3, -0.25) is 10.1 Å². The summed E-state index contributed by atoms with van der Waals surface area (Å²) < 4.78 is 22.6. The molecule has 0 saturated heterocycles. The van der Waals surface area contributed by atoms with Gasteiger partial charge in [0.2, 0.25) is 8.87 Å². The van der Waals surface area contributed by atoms with Crippen LogP contribution in [0.15, 0.2) is 29.2 Å². The van der Waals surface area contributed by atoms with Gasteiger partial charge in [-0.1, -0.05) is 19.1 Å². The molecule has 0 atom stereocenters. The predicted octanol–water partition coefficient (Wildman–Crippen LogP) is 2.04. The van der Waals surface area contributed by atoms with Gasteiger partial charge in [0, 0.05) is 16.9 Å². The number of para-hydroxylation sites is 1. The summed E-state index contributed by atoms with van der Waals surface area (Å²) in [6.45, 7) is 1.50. The van der Waals surface area contributed by atoms with E-state index in [0.717, 1.165) is 0 Å². The van der Waals surface area contributed by atoms with Crippen LogP contribution in [0, 0.1) is 10.1 Å². The van der Waals surface area contributed by atoms with Crippen LogP contribution in [0.4, 0.5) is 5.69 Å². The highest BCUT2D eigenvalue weighted by atomic mass is 33.1. The topological polar surface area (TPSA) is 77.3 Å². The Balaban J connectivity index is 3.10. The predicted molar refractivity (Wildman–Crippen MR) is 58.4 cm³/mol. The maximum atomic E-state index is 11.3. The molecule has 0 radical (unpaired) electrons. The summed E-state index contributed by atoms with van der Waals surface area (Å²) >= 11 is 0. The second kappa shape index (κ2) is 4.63. The van der Waals surface area contributed by atoms with Crippen molar-refractivity contribution >= 4 is 25.4 Å². The fraction of sp³-hybridized carbons (Fsp3) is 0.250. The van der Waals surface area contributed by atoms with E-state index in [0.29, 0.717) is 10.8 Å². The number of rotatable bonds is 4. The van der Waals surface area contributed by atoms with Gasteiger partial charge in [-0.15, -0.1) is 0 Å². The number of nitro benzene ring substituents is 1. The Morgan fingerprint density at radius 2 is 2.00 bits per heavy atom. The number of benzene rings is 1. The van der Waals surface area contributed by atoms with Crippen molar-refractivity contribution < 1.29 is 13.3 Å². The van der Waals surface area contributed by atoms with Gasteiger partial charge < -0.3 is 0 Å². The molecule has 15 heavy (non-hydrogen) atoms. The zero-order valence-electron chi connectivity index (χ0n) is 7.91. The van der Waals surface area contributed by atoms with Gasteiger partial charge in [-0.05, 0) is 6.07 Å². The van der Waals surface area contributed by atoms with E-state index in [1.54, 1.807) is 6.07 Å². The molecule has 0 aliphatic carbocycles. The van der Waals surface area contributed by atoms with E-state index >= 15 is 0 Å². The molecule has 0 bridgehead atoms. The third-order valence-corrected chi connectivity index (χ3v) is 5.13. The molecule has 0 amide bonds. The monoisotopic (exact) mass is 247 g/mol. The van der Waals surface area contributed by atoms with Crippen LogP contribution < -0.4 is 0 Å². The summed E-state index contributed by atoms with van der Waals surface area (Å²) in [4.78, 5) is 10.2. The molecule has 0 fully saturated rings. The SMILES string of the molecule is CCS(=O)(=O)Sc1ccccc1[N+](=O)[O-]. The third-order valence-electron chi connectivity index (χ3n) is 1.63. The lowest BCUT2D eigenvalue weighted by Gasteiger charge is -2.01. The highest BCUT2D eigenvalue weighted by Gasteiger charge is 2.19. The molecule has 0 heterocycles. The van der Waals surface area contributed by atoms with Gasteiger partial charge in [0.05, 0.1) is 10.7 Å². The highest BCUT2D eigenvalue weighted by molar-refractivity contribution is 8.72. The van der Waals surface area contributed by atoms with Crippen molar-refractivity contribution in [3.8, 4) is 0 Å². The minimum Gasteiger partial charge on any atom is -0.258 e. The zero-order chi connectivity index (χ0) is 11.5. The molecule has 0 N–H and O–H groups in total. The van der Waals surface area contributed by atoms with Crippen LogP contribution in [0.2, 0.25) is 0 Å². The lowest BCUT2D eigenvalue weighted by molar-refractivity contribution is -0.387. The fourth-order valence-electron chi connectivity index (χ4n) is 0.874. The van der Waals surface area contributed by atoms with Crippen LogP contribution in [0.1, 0.15) is 6.92 Å². The van der Waals surface area contributed by atoms with E-state index in [9.17, 15) is 18.5 Å². The van der Waals surface area contributed by atoms with Crippen molar-refractivity contribution in [2.45, 2.75) is 11.8 Å². The minimum absolute atomic E-state index is 0.0519. The van der Waals surface area contributed by atoms with Crippen molar-refractivity contribution in [1.82, 2.24) is 0 Å². The number of hydrogen-bond acceptors (Lipinski definition) is 5. The molecule has 7 heteroatoms. The van der Waals surface area contributed by atoms with E-state index in [-0.39, 0.29) is 16.3 Å². The Kier molecular flexibility index (Phi) is 3.70. The van der Waals surface area contributed by atoms with Crippen LogP contribution in [0.5, 0.6) is 0 Å². The molecule has 1 aromatic rings. The number of nitro groups is 1. The second-order valence-corrected chi connectivity index (χ2v) is 6.98. The van der Waals surface area contributed by atoms with Crippen LogP contribution in [-0.4, -0.2) is 19.1 Å². The number of nitrogens with zero attached hydrogens (tertiary/aromatic N) is 1. The van der Waals surface area contributed by atoms with Crippen molar-refractivity contribution in [3.05, 3.63) is 34.4 Å². The first-order valence-electron chi connectivity index (χ1n) is 4.12. The van der Waals surface area contributed by atoms with Crippen molar-refractivity contribution in [3.63, 3.8) is 0 Å². The Bertz CT molecular complexity index is 469. The first kappa shape index (κ1) is 12.0. The first-order valence-corrected chi connectivity index (χ1v) is 7.10. The zero-order valence-corrected chi connectivity index (χ0v) is 9.55. The van der Waals surface area contributed by atoms with Crippen molar-refractivity contribution in [2.75, 3.05) is 5.75 Å². The van der Waals surface area contributed by atoms with Gasteiger partial charge in [-0.2, -0.15) is 0 Å². The van der Waals surface area contributed by atoms with Crippen molar-refractivity contribution in [2.24, 2.45) is 0 Å². The molecule has 1 rings (SSSR count). The lowest BCUT2D eigenvalue weighted by atomic mass is 10.3. The van der Waals surface area contributed by atoms with Crippen LogP contribution >= 0.6 is 10.8 Å². The van der Waals surface area contributed by atoms with E-state index in [2.05, 4.69) is 0 Å². The van der Waals surface area contributed by atoms with Gasteiger partial charge in [0.15, 0.2) is 0 Å². The molecule has 0 spiro atoms. The molecule has 0 unspecified atom stereocenters. The minimum atomic E-state index is -3.32. The summed E-state index contributed by atoms with van der Waals surface area (Å²) in [5.41, 5.74) is -0.181. The van der Waals surface area contributed by atoms with Crippen LogP contribution in [0.3, 0.4) is 0 Å². The van der Waals surface area contributed by atoms with Gasteiger partial charge in [-0.25, -0.2) is 8.42 Å². The normalized spacial score (nSPS) is 11.3. The summed E-state index contributed by atoms with van der Waals surface area (Å²) in [5, 5.41) is 10.6. The molecule has 5 nitrogen and oxygen atoms in total. The quantitative estimate of drug-likeness (QED) is 0.462. The molecule has 0 saturated carbocycles. The molecular formula is C8H9NO4S2. The van der Waals surface area contributed by atoms with Gasteiger partial charge in [0.25, 0.3) is 5.69 Å². The maximum Gasteiger partial charge on any atom is 0.283 e. The average Bonchev–Trinajstić information content (AvgIpc) is 2.18. The molecule has 0 aromatic heterocycles. The van der Waals surface area contributed by atoms with Gasteiger partial charge >= 0.3 is 0 Å². The second-order valence-electron chi connectivity index (χ2n) is 2.65. The number of hydrogen-bond donors (Lipinski definition) is 0. The van der Waals surface area contributed by atoms with E-state index in [1.807, 2.05) is 0 Å². The van der Waals surface area contributed by atoms with E-state index < -0.39 is 13.8 Å². The smallest absolute Gasteiger partial charge is 0.258 e. The van der Waals surface area contributed by atoms with Crippen molar-refractivity contribution in [1.29, 1.82) is 0 Å². The standard InChI is InChI=1S/C8H9NO4S2/c1-2-15(12,13)14-8-6-4-3-5-7(8)9(10)11/h3-6H,2H2,1H3. The Morgan fingerprint density at radius 3 is 2.53 bits per heavy atom. The largest absolute Gasteiger partial charge is 0.283 e. The molecule has 0 aliphatic rings. The summed E-state index contributed by atoms with van der Waals surface area (Å²) in [6.07, 6.45) is 0. The molecular weight excluding hydrogens is 238 g/mol. The summed E-state index contributed by atoms with van der Waals surface area (Å²) in [7, 11) is -2.78. The van der Waals surface area contributed by atoms with E-state index in [1.165, 1.54) is 25.1 Å². The third kappa shape index (κ3) is 3.21. The van der Waals surface area contributed by atoms with Crippen LogP contribution in [0.25, 0.3) is 0 Å². The Hall–Kier alpha value is -1.08. The Morgan fingerprint density at radius 1 is 1.40 bits per heavy atom. The fourth-order valence-corrected chi connectivity index (χ4v) is 3.22. The van der Waals surface area contributed by atoms with E-state index in [4.69, 9.17) is 0 Å². The van der Waals surface area contributed by atoms with Gasteiger partial charge in [0.1, 0.15) is 4.90 Å². The summed E-state index contributed by atoms with van der Waals surface area (Å²) in [5.74, 6) is -0.0519. The maximum absolute atomic E-state index is 11.3. The van der Waals surface area contributed by atoms with Crippen LogP contribution in [-0.2, 0) is 8.87 Å². The summed E-state index contributed by atoms with van der Waals surface area (Å²) in [6, 6.07) is 5.78. The lowest BCUT2D eigenvalue weighted by Crippen LogP contribution is -1.98. The highest BCUT2D eigenvalue weighted by Crippen LogP contribution is 2.32. The Labute approximate surface area is 91.0 Å². The first-order chi connectivity index (χ1) is 6.96. The molecule has 1 aromatic carbocycles. The molecule has 82 valence electrons. The average molecular weight is 247 g/mol. The molecule has 0 aliphatic heterocycles.